The molecule has 4 aliphatic rings. The summed E-state index contributed by atoms with van der Waals surface area (Å²) in [5.41, 5.74) is 0. The van der Waals surface area contributed by atoms with Gasteiger partial charge in [-0.1, -0.05) is 38.5 Å². The molecule has 3 aliphatic carbocycles. The van der Waals surface area contributed by atoms with Crippen molar-refractivity contribution in [1.82, 2.24) is 4.90 Å². The molecule has 0 aromatic rings. The molecule has 176 valence electrons. The van der Waals surface area contributed by atoms with Gasteiger partial charge in [0, 0.05) is 6.04 Å². The van der Waals surface area contributed by atoms with Crippen LogP contribution in [0.1, 0.15) is 70.6 Å². The number of alkyl halides is 6. The van der Waals surface area contributed by atoms with E-state index in [1.807, 2.05) is 0 Å². The second kappa shape index (κ2) is 8.78. The summed E-state index contributed by atoms with van der Waals surface area (Å²) in [5, 5.41) is 8.20. The van der Waals surface area contributed by atoms with Gasteiger partial charge in [0.2, 0.25) is 5.11 Å². The molecule has 1 heterocycles. The number of azo groups is 1. The van der Waals surface area contributed by atoms with E-state index in [1.165, 1.54) is 30.6 Å². The van der Waals surface area contributed by atoms with Gasteiger partial charge in [0.1, 0.15) is 6.17 Å². The maximum atomic E-state index is 13.5. The second-order valence-corrected chi connectivity index (χ2v) is 10.2. The van der Waals surface area contributed by atoms with Crippen LogP contribution in [-0.4, -0.2) is 34.6 Å². The quantitative estimate of drug-likeness (QED) is 0.321. The van der Waals surface area contributed by atoms with Crippen molar-refractivity contribution in [3.05, 3.63) is 0 Å². The third kappa shape index (κ3) is 5.03. The fourth-order valence-corrected chi connectivity index (χ4v) is 6.91. The molecule has 3 nitrogen and oxygen atoms in total. The van der Waals surface area contributed by atoms with Crippen LogP contribution in [0, 0.1) is 29.6 Å². The summed E-state index contributed by atoms with van der Waals surface area (Å²) >= 11 is 5.25. The Morgan fingerprint density at radius 1 is 0.839 bits per heavy atom. The van der Waals surface area contributed by atoms with Crippen LogP contribution >= 0.6 is 12.2 Å². The Morgan fingerprint density at radius 3 is 2.10 bits per heavy atom. The summed E-state index contributed by atoms with van der Waals surface area (Å²) in [4.78, 5) is 1.51. The van der Waals surface area contributed by atoms with Gasteiger partial charge in [0.25, 0.3) is 0 Å². The zero-order chi connectivity index (χ0) is 22.4. The highest BCUT2D eigenvalue weighted by atomic mass is 32.1. The van der Waals surface area contributed by atoms with Crippen LogP contribution in [0.25, 0.3) is 0 Å². The maximum absolute atomic E-state index is 13.5. The van der Waals surface area contributed by atoms with Crippen molar-refractivity contribution in [3.63, 3.8) is 0 Å². The van der Waals surface area contributed by atoms with Crippen LogP contribution in [0.4, 0.5) is 26.3 Å². The first-order valence-corrected chi connectivity index (χ1v) is 11.8. The fraction of sp³-hybridized carbons (Fsp3) is 0.952. The Hall–Kier alpha value is -0.930. The molecule has 0 saturated heterocycles. The summed E-state index contributed by atoms with van der Waals surface area (Å²) in [6.07, 6.45) is -2.72. The van der Waals surface area contributed by atoms with E-state index in [0.29, 0.717) is 24.2 Å². The van der Waals surface area contributed by atoms with E-state index in [2.05, 4.69) is 10.2 Å². The number of hydrogen-bond donors (Lipinski definition) is 0. The largest absolute Gasteiger partial charge is 0.391 e. The predicted octanol–water partition coefficient (Wildman–Crippen LogP) is 7.27. The Kier molecular flexibility index (Phi) is 6.58. The zero-order valence-corrected chi connectivity index (χ0v) is 18.2. The van der Waals surface area contributed by atoms with E-state index in [1.54, 1.807) is 0 Å². The van der Waals surface area contributed by atoms with Crippen LogP contribution in [-0.2, 0) is 0 Å². The minimum atomic E-state index is -4.66. The van der Waals surface area contributed by atoms with Crippen LogP contribution in [0.5, 0.6) is 0 Å². The van der Waals surface area contributed by atoms with Gasteiger partial charge in [-0.25, -0.2) is 0 Å². The normalized spacial score (nSPS) is 39.6. The number of hydrogen-bond acceptors (Lipinski definition) is 2. The Labute approximate surface area is 184 Å². The molecule has 0 N–H and O–H groups in total. The standard InChI is InChI=1S/C21H29F6N3S/c22-20(23,24)14-9-15(21(25,26)27)11-16(10-14)30-18(28-29-19(30)31)8-13-6-3-5-12-4-1-2-7-17(12)13/h12-18H,1-11H2. The maximum Gasteiger partial charge on any atom is 0.391 e. The van der Waals surface area contributed by atoms with Gasteiger partial charge >= 0.3 is 12.4 Å². The zero-order valence-electron chi connectivity index (χ0n) is 17.3. The molecule has 10 heteroatoms. The molecule has 6 atom stereocenters. The molecule has 0 amide bonds. The van der Waals surface area contributed by atoms with E-state index in [-0.39, 0.29) is 18.0 Å². The molecule has 0 radical (unpaired) electrons. The lowest BCUT2D eigenvalue weighted by Crippen LogP contribution is -2.50. The molecular weight excluding hydrogens is 440 g/mol. The van der Waals surface area contributed by atoms with Crippen molar-refractivity contribution in [2.45, 2.75) is 95.2 Å². The monoisotopic (exact) mass is 469 g/mol. The Morgan fingerprint density at radius 2 is 1.45 bits per heavy atom. The fourth-order valence-electron chi connectivity index (χ4n) is 6.60. The molecule has 4 rings (SSSR count). The molecule has 3 saturated carbocycles. The molecule has 0 aromatic carbocycles. The molecule has 3 fully saturated rings. The van der Waals surface area contributed by atoms with Crippen molar-refractivity contribution in [3.8, 4) is 0 Å². The molecule has 31 heavy (non-hydrogen) atoms. The molecule has 1 aliphatic heterocycles. The minimum absolute atomic E-state index is 0.0368. The van der Waals surface area contributed by atoms with E-state index in [0.717, 1.165) is 19.3 Å². The third-order valence-corrected chi connectivity index (χ3v) is 8.35. The van der Waals surface area contributed by atoms with E-state index >= 15 is 0 Å². The first kappa shape index (κ1) is 23.2. The van der Waals surface area contributed by atoms with Crippen molar-refractivity contribution in [1.29, 1.82) is 0 Å². The van der Waals surface area contributed by atoms with Gasteiger partial charge in [-0.15, -0.1) is 5.11 Å². The SMILES string of the molecule is FC(F)(F)C1CC(N2C(=S)N=NC2CC2CCCC3CCCCC32)CC(C(F)(F)F)C1. The van der Waals surface area contributed by atoms with Crippen molar-refractivity contribution in [2.75, 3.05) is 0 Å². The second-order valence-electron chi connectivity index (χ2n) is 9.86. The van der Waals surface area contributed by atoms with Crippen molar-refractivity contribution < 1.29 is 26.3 Å². The molecule has 0 spiro atoms. The first-order valence-electron chi connectivity index (χ1n) is 11.4. The highest BCUT2D eigenvalue weighted by molar-refractivity contribution is 7.80. The number of fused-ring (bicyclic) bond motifs is 1. The molecule has 0 aromatic heterocycles. The van der Waals surface area contributed by atoms with Crippen LogP contribution in [0.15, 0.2) is 10.2 Å². The van der Waals surface area contributed by atoms with Gasteiger partial charge in [-0.2, -0.15) is 31.5 Å². The minimum Gasteiger partial charge on any atom is -0.319 e. The Balaban J connectivity index is 1.51. The first-order chi connectivity index (χ1) is 14.5. The lowest BCUT2D eigenvalue weighted by Gasteiger charge is -2.45. The number of thiocarbonyl (C=S) groups is 1. The van der Waals surface area contributed by atoms with E-state index in [4.69, 9.17) is 12.2 Å². The summed E-state index contributed by atoms with van der Waals surface area (Å²) in [6.45, 7) is 0. The lowest BCUT2D eigenvalue weighted by molar-refractivity contribution is -0.228. The van der Waals surface area contributed by atoms with E-state index < -0.39 is 42.8 Å². The third-order valence-electron chi connectivity index (χ3n) is 8.06. The van der Waals surface area contributed by atoms with Gasteiger partial charge in [-0.05, 0) is 62.1 Å². The van der Waals surface area contributed by atoms with Gasteiger partial charge in [-0.3, -0.25) is 0 Å². The summed E-state index contributed by atoms with van der Waals surface area (Å²) in [6, 6.07) is -0.940. The topological polar surface area (TPSA) is 28.0 Å². The van der Waals surface area contributed by atoms with Gasteiger partial charge in [0.15, 0.2) is 0 Å². The van der Waals surface area contributed by atoms with Crippen molar-refractivity contribution in [2.24, 2.45) is 39.8 Å². The van der Waals surface area contributed by atoms with Crippen LogP contribution < -0.4 is 0 Å². The Bertz CT molecular complexity index is 670. The molecule has 0 bridgehead atoms. The average molecular weight is 470 g/mol. The highest BCUT2D eigenvalue weighted by Crippen LogP contribution is 2.49. The number of nitrogens with zero attached hydrogens (tertiary/aromatic N) is 3. The molecular formula is C21H29F6N3S. The van der Waals surface area contributed by atoms with Gasteiger partial charge in [0.05, 0.1) is 11.8 Å². The lowest BCUT2D eigenvalue weighted by atomic mass is 9.64. The highest BCUT2D eigenvalue weighted by Gasteiger charge is 2.54. The number of rotatable bonds is 3. The summed E-state index contributed by atoms with van der Waals surface area (Å²) < 4.78 is 80.7. The smallest absolute Gasteiger partial charge is 0.319 e. The van der Waals surface area contributed by atoms with Gasteiger partial charge < -0.3 is 4.90 Å². The predicted molar refractivity (Wildman–Crippen MR) is 107 cm³/mol. The van der Waals surface area contributed by atoms with Crippen LogP contribution in [0.2, 0.25) is 0 Å². The average Bonchev–Trinajstić information content (AvgIpc) is 3.06. The van der Waals surface area contributed by atoms with Crippen molar-refractivity contribution >= 4 is 17.3 Å². The van der Waals surface area contributed by atoms with Crippen LogP contribution in [0.3, 0.4) is 0 Å². The van der Waals surface area contributed by atoms with E-state index in [9.17, 15) is 26.3 Å². The number of halogens is 6. The summed E-state index contributed by atoms with van der Waals surface area (Å²) in [7, 11) is 0. The summed E-state index contributed by atoms with van der Waals surface area (Å²) in [5.74, 6) is -2.33. The molecule has 6 unspecified atom stereocenters.